The third-order valence-electron chi connectivity index (χ3n) is 7.26. The molecule has 0 rings (SSSR count). The van der Waals surface area contributed by atoms with Crippen molar-refractivity contribution in [3.8, 4) is 0 Å². The Bertz CT molecular complexity index is 600. The van der Waals surface area contributed by atoms with E-state index < -0.39 is 0 Å². The largest absolute Gasteiger partial charge is 0.463 e. The van der Waals surface area contributed by atoms with Crippen molar-refractivity contribution in [1.29, 1.82) is 0 Å². The second-order valence-electron chi connectivity index (χ2n) is 11.9. The van der Waals surface area contributed by atoms with E-state index in [1.807, 2.05) is 14.1 Å². The number of hydrogen-bond acceptors (Lipinski definition) is 11. The highest BCUT2D eigenvalue weighted by Crippen LogP contribution is 2.13. The zero-order valence-corrected chi connectivity index (χ0v) is 30.7. The smallest absolute Gasteiger partial charge is 0.305 e. The van der Waals surface area contributed by atoms with Crippen LogP contribution < -0.4 is 0 Å². The van der Waals surface area contributed by atoms with E-state index in [-0.39, 0.29) is 5.97 Å². The van der Waals surface area contributed by atoms with Gasteiger partial charge in [-0.05, 0) is 20.5 Å². The number of likely N-dealkylation sites (N-methyl/N-ethyl adjacent to an activating group) is 1. The fourth-order valence-corrected chi connectivity index (χ4v) is 4.46. The van der Waals surface area contributed by atoms with Crippen LogP contribution in [0, 0.1) is 0 Å². The first-order valence-corrected chi connectivity index (χ1v) is 18.6. The number of rotatable bonds is 41. The number of esters is 1. The highest BCUT2D eigenvalue weighted by atomic mass is 16.6. The standard InChI is InChI=1S/C36H73NO10/c1-4-5-6-7-8-9-10-11-12-13-14-15-16-17-36(38)47-35-34-46-33-32-45-31-30-44-29-28-43-27-26-42-25-24-41-23-22-40-21-20-39-19-18-37(2)3/h4-35H2,1-3H3. The normalized spacial score (nSPS) is 11.6. The first-order chi connectivity index (χ1) is 23.2. The van der Waals surface area contributed by atoms with Gasteiger partial charge in [0.2, 0.25) is 0 Å². The van der Waals surface area contributed by atoms with E-state index in [2.05, 4.69) is 11.8 Å². The van der Waals surface area contributed by atoms with Crippen molar-refractivity contribution in [3.05, 3.63) is 0 Å². The Balaban J connectivity index is 3.13. The lowest BCUT2D eigenvalue weighted by Gasteiger charge is -2.10. The Kier molecular flexibility index (Phi) is 40.5. The summed E-state index contributed by atoms with van der Waals surface area (Å²) in [6, 6.07) is 0. The maximum absolute atomic E-state index is 11.8. The number of hydrogen-bond donors (Lipinski definition) is 0. The SMILES string of the molecule is CCCCCCCCCCCCCCCC(=O)OCCOCCOCCOCCOCCOCCOCCOCCOCCN(C)C. The van der Waals surface area contributed by atoms with E-state index in [1.165, 1.54) is 70.6 Å². The lowest BCUT2D eigenvalue weighted by atomic mass is 10.0. The van der Waals surface area contributed by atoms with Crippen LogP contribution in [-0.2, 0) is 47.4 Å². The van der Waals surface area contributed by atoms with Gasteiger partial charge in [-0.2, -0.15) is 0 Å². The molecule has 0 atom stereocenters. The molecule has 0 radical (unpaired) electrons. The maximum atomic E-state index is 11.8. The number of unbranched alkanes of at least 4 members (excludes halogenated alkanes) is 12. The van der Waals surface area contributed by atoms with E-state index in [0.29, 0.717) is 112 Å². The van der Waals surface area contributed by atoms with Gasteiger partial charge in [0.25, 0.3) is 0 Å². The van der Waals surface area contributed by atoms with Crippen LogP contribution in [0.25, 0.3) is 0 Å². The summed E-state index contributed by atoms with van der Waals surface area (Å²) in [6.45, 7) is 11.9. The Hall–Kier alpha value is -0.890. The van der Waals surface area contributed by atoms with Crippen LogP contribution in [0.5, 0.6) is 0 Å². The van der Waals surface area contributed by atoms with Crippen molar-refractivity contribution < 1.29 is 47.4 Å². The van der Waals surface area contributed by atoms with E-state index in [0.717, 1.165) is 26.0 Å². The predicted octanol–water partition coefficient (Wildman–Crippen LogP) is 5.71. The third-order valence-corrected chi connectivity index (χ3v) is 7.26. The molecule has 0 saturated carbocycles. The average molecular weight is 680 g/mol. The lowest BCUT2D eigenvalue weighted by Crippen LogP contribution is -2.19. The molecule has 11 nitrogen and oxygen atoms in total. The molecule has 0 aliphatic heterocycles. The maximum Gasteiger partial charge on any atom is 0.305 e. The molecule has 0 aliphatic rings. The Morgan fingerprint density at radius 1 is 0.383 bits per heavy atom. The number of carbonyl (C=O) groups excluding carboxylic acids is 1. The minimum atomic E-state index is -0.127. The van der Waals surface area contributed by atoms with Crippen molar-refractivity contribution in [2.75, 3.05) is 133 Å². The molecule has 0 aliphatic carbocycles. The second-order valence-corrected chi connectivity index (χ2v) is 11.9. The van der Waals surface area contributed by atoms with Gasteiger partial charge in [0.15, 0.2) is 0 Å². The van der Waals surface area contributed by atoms with Gasteiger partial charge in [0, 0.05) is 13.0 Å². The number of ether oxygens (including phenoxy) is 9. The third kappa shape index (κ3) is 43.1. The molecular formula is C36H73NO10. The molecule has 0 aromatic carbocycles. The van der Waals surface area contributed by atoms with Gasteiger partial charge in [0.1, 0.15) is 6.61 Å². The van der Waals surface area contributed by atoms with E-state index in [4.69, 9.17) is 42.6 Å². The highest BCUT2D eigenvalue weighted by molar-refractivity contribution is 5.69. The van der Waals surface area contributed by atoms with Gasteiger partial charge < -0.3 is 47.5 Å². The van der Waals surface area contributed by atoms with Crippen LogP contribution in [0.2, 0.25) is 0 Å². The van der Waals surface area contributed by atoms with Gasteiger partial charge in [-0.25, -0.2) is 0 Å². The monoisotopic (exact) mass is 680 g/mol. The first kappa shape index (κ1) is 46.1. The molecule has 47 heavy (non-hydrogen) atoms. The molecule has 0 fully saturated rings. The van der Waals surface area contributed by atoms with E-state index >= 15 is 0 Å². The Morgan fingerprint density at radius 2 is 0.660 bits per heavy atom. The summed E-state index contributed by atoms with van der Waals surface area (Å²) in [7, 11) is 4.04. The first-order valence-electron chi connectivity index (χ1n) is 18.6. The van der Waals surface area contributed by atoms with Gasteiger partial charge in [0.05, 0.1) is 106 Å². The quantitative estimate of drug-likeness (QED) is 0.0587. The molecule has 0 unspecified atom stereocenters. The van der Waals surface area contributed by atoms with Crippen molar-refractivity contribution >= 4 is 5.97 Å². The van der Waals surface area contributed by atoms with Crippen molar-refractivity contribution in [2.45, 2.75) is 96.8 Å². The number of carbonyl (C=O) groups is 1. The molecule has 282 valence electrons. The summed E-state index contributed by atoms with van der Waals surface area (Å²) in [6.07, 6.45) is 17.4. The van der Waals surface area contributed by atoms with Crippen molar-refractivity contribution in [2.24, 2.45) is 0 Å². The van der Waals surface area contributed by atoms with Crippen LogP contribution in [0.4, 0.5) is 0 Å². The highest BCUT2D eigenvalue weighted by Gasteiger charge is 2.03. The van der Waals surface area contributed by atoms with Gasteiger partial charge >= 0.3 is 5.97 Å². The summed E-state index contributed by atoms with van der Waals surface area (Å²) in [4.78, 5) is 13.9. The second kappa shape index (κ2) is 41.3. The molecule has 0 amide bonds. The minimum Gasteiger partial charge on any atom is -0.463 e. The van der Waals surface area contributed by atoms with Gasteiger partial charge in [-0.3, -0.25) is 4.79 Å². The predicted molar refractivity (Wildman–Crippen MR) is 186 cm³/mol. The van der Waals surface area contributed by atoms with Crippen LogP contribution in [0.15, 0.2) is 0 Å². The molecule has 11 heteroatoms. The average Bonchev–Trinajstić information content (AvgIpc) is 3.06. The fraction of sp³-hybridized carbons (Fsp3) is 0.972. The molecule has 0 aromatic heterocycles. The summed E-state index contributed by atoms with van der Waals surface area (Å²) in [5.41, 5.74) is 0. The van der Waals surface area contributed by atoms with E-state index in [1.54, 1.807) is 0 Å². The van der Waals surface area contributed by atoms with Gasteiger partial charge in [-0.15, -0.1) is 0 Å². The zero-order valence-electron chi connectivity index (χ0n) is 30.7. The topological polar surface area (TPSA) is 103 Å². The summed E-state index contributed by atoms with van der Waals surface area (Å²) in [5.74, 6) is -0.127. The summed E-state index contributed by atoms with van der Waals surface area (Å²) >= 11 is 0. The molecule has 0 spiro atoms. The van der Waals surface area contributed by atoms with Crippen LogP contribution >= 0.6 is 0 Å². The molecule has 0 heterocycles. The van der Waals surface area contributed by atoms with Gasteiger partial charge in [-0.1, -0.05) is 84.0 Å². The Morgan fingerprint density at radius 3 is 0.979 bits per heavy atom. The number of nitrogens with zero attached hydrogens (tertiary/aromatic N) is 1. The molecular weight excluding hydrogens is 606 g/mol. The Labute approximate surface area is 287 Å². The van der Waals surface area contributed by atoms with Crippen molar-refractivity contribution in [3.63, 3.8) is 0 Å². The lowest BCUT2D eigenvalue weighted by molar-refractivity contribution is -0.145. The van der Waals surface area contributed by atoms with Crippen LogP contribution in [0.1, 0.15) is 96.8 Å². The minimum absolute atomic E-state index is 0.127. The summed E-state index contributed by atoms with van der Waals surface area (Å²) < 4.78 is 49.0. The molecule has 0 aromatic rings. The molecule has 0 saturated heterocycles. The van der Waals surface area contributed by atoms with Crippen molar-refractivity contribution in [1.82, 2.24) is 4.90 Å². The van der Waals surface area contributed by atoms with Crippen LogP contribution in [-0.4, -0.2) is 144 Å². The molecule has 0 N–H and O–H groups in total. The van der Waals surface area contributed by atoms with Crippen LogP contribution in [0.3, 0.4) is 0 Å². The van der Waals surface area contributed by atoms with E-state index in [9.17, 15) is 4.79 Å². The zero-order chi connectivity index (χ0) is 34.1. The fourth-order valence-electron chi connectivity index (χ4n) is 4.46. The molecule has 0 bridgehead atoms. The summed E-state index contributed by atoms with van der Waals surface area (Å²) in [5, 5.41) is 0.